The number of sulfonamides is 1. The predicted octanol–water partition coefficient (Wildman–Crippen LogP) is 5.77. The van der Waals surface area contributed by atoms with Crippen LogP contribution >= 0.6 is 11.3 Å². The predicted molar refractivity (Wildman–Crippen MR) is 139 cm³/mol. The second-order valence-corrected chi connectivity index (χ2v) is 11.6. The van der Waals surface area contributed by atoms with Crippen molar-refractivity contribution in [3.8, 4) is 0 Å². The minimum Gasteiger partial charge on any atom is -0.467 e. The second-order valence-electron chi connectivity index (χ2n) is 8.60. The summed E-state index contributed by atoms with van der Waals surface area (Å²) in [5.74, 6) is 0.348. The topological polar surface area (TPSA) is 83.7 Å². The molecule has 0 radical (unpaired) electrons. The van der Waals surface area contributed by atoms with Crippen LogP contribution in [0, 0.1) is 13.8 Å². The molecule has 0 aliphatic heterocycles. The maximum absolute atomic E-state index is 13.6. The van der Waals surface area contributed by atoms with Crippen LogP contribution in [0.2, 0.25) is 0 Å². The molecule has 9 heteroatoms. The van der Waals surface area contributed by atoms with Crippen molar-refractivity contribution in [3.63, 3.8) is 0 Å². The Labute approximate surface area is 210 Å². The Balaban J connectivity index is 1.67. The van der Waals surface area contributed by atoms with E-state index in [-0.39, 0.29) is 17.3 Å². The Morgan fingerprint density at radius 3 is 2.51 bits per heavy atom. The zero-order valence-corrected chi connectivity index (χ0v) is 21.9. The van der Waals surface area contributed by atoms with Gasteiger partial charge in [-0.25, -0.2) is 17.7 Å². The molecule has 0 atom stereocenters. The van der Waals surface area contributed by atoms with Gasteiger partial charge < -0.3 is 4.42 Å². The lowest BCUT2D eigenvalue weighted by molar-refractivity contribution is 0.0983. The van der Waals surface area contributed by atoms with Crippen molar-refractivity contribution in [1.29, 1.82) is 0 Å². The number of aromatic nitrogens is 1. The molecule has 0 aliphatic carbocycles. The highest BCUT2D eigenvalue weighted by atomic mass is 32.2. The van der Waals surface area contributed by atoms with Gasteiger partial charge in [-0.05, 0) is 73.9 Å². The van der Waals surface area contributed by atoms with E-state index in [1.54, 1.807) is 36.4 Å². The first kappa shape index (κ1) is 25.1. The normalized spacial score (nSPS) is 11.9. The van der Waals surface area contributed by atoms with Crippen molar-refractivity contribution in [3.05, 3.63) is 77.2 Å². The van der Waals surface area contributed by atoms with E-state index in [4.69, 9.17) is 9.40 Å². The maximum Gasteiger partial charge on any atom is 0.260 e. The standard InChI is InChI=1S/C26H29N3O4S2/c1-5-6-13-28(4)35(31,32)22-11-9-20(10-12-22)25(30)29(17-21-8-7-14-33-21)26-27-23-16-18(2)15-19(3)24(23)34-26/h7-12,14-16H,5-6,13,17H2,1-4H3. The molecule has 2 aromatic carbocycles. The van der Waals surface area contributed by atoms with Crippen molar-refractivity contribution < 1.29 is 17.6 Å². The van der Waals surface area contributed by atoms with Gasteiger partial charge in [0.15, 0.2) is 5.13 Å². The van der Waals surface area contributed by atoms with Gasteiger partial charge in [-0.1, -0.05) is 30.7 Å². The second kappa shape index (κ2) is 10.3. The fraction of sp³-hybridized carbons (Fsp3) is 0.308. The Bertz CT molecular complexity index is 1430. The molecule has 0 N–H and O–H groups in total. The molecule has 2 heterocycles. The van der Waals surface area contributed by atoms with Gasteiger partial charge in [-0.3, -0.25) is 9.69 Å². The first-order chi connectivity index (χ1) is 16.7. The third kappa shape index (κ3) is 5.32. The number of carbonyl (C=O) groups is 1. The van der Waals surface area contributed by atoms with E-state index < -0.39 is 10.0 Å². The Hall–Kier alpha value is -3.01. The smallest absolute Gasteiger partial charge is 0.260 e. The highest BCUT2D eigenvalue weighted by Crippen LogP contribution is 2.33. The summed E-state index contributed by atoms with van der Waals surface area (Å²) >= 11 is 1.45. The molecular weight excluding hydrogens is 482 g/mol. The number of hydrogen-bond donors (Lipinski definition) is 0. The number of amides is 1. The van der Waals surface area contributed by atoms with Gasteiger partial charge in [0.25, 0.3) is 5.91 Å². The molecule has 0 bridgehead atoms. The van der Waals surface area contributed by atoms with Crippen LogP contribution in [0.5, 0.6) is 0 Å². The lowest BCUT2D eigenvalue weighted by Gasteiger charge is -2.20. The van der Waals surface area contributed by atoms with Crippen molar-refractivity contribution in [2.75, 3.05) is 18.5 Å². The Kier molecular flexibility index (Phi) is 7.39. The molecule has 0 aliphatic rings. The van der Waals surface area contributed by atoms with E-state index in [0.717, 1.165) is 34.2 Å². The lowest BCUT2D eigenvalue weighted by atomic mass is 10.1. The zero-order chi connectivity index (χ0) is 25.2. The first-order valence-electron chi connectivity index (χ1n) is 11.5. The van der Waals surface area contributed by atoms with Crippen LogP contribution in [0.25, 0.3) is 10.2 Å². The molecule has 0 saturated carbocycles. The van der Waals surface area contributed by atoms with Crippen molar-refractivity contribution in [1.82, 2.24) is 9.29 Å². The van der Waals surface area contributed by atoms with E-state index in [1.165, 1.54) is 27.8 Å². The SMILES string of the molecule is CCCCN(C)S(=O)(=O)c1ccc(C(=O)N(Cc2ccco2)c2nc3cc(C)cc(C)c3s2)cc1. The average Bonchev–Trinajstić information content (AvgIpc) is 3.50. The number of anilines is 1. The van der Waals surface area contributed by atoms with Crippen LogP contribution < -0.4 is 4.90 Å². The van der Waals surface area contributed by atoms with E-state index in [1.807, 2.05) is 32.9 Å². The minimum atomic E-state index is -3.61. The van der Waals surface area contributed by atoms with Crippen LogP contribution in [0.4, 0.5) is 5.13 Å². The number of carbonyl (C=O) groups excluding carboxylic acids is 1. The molecule has 0 spiro atoms. The summed E-state index contributed by atoms with van der Waals surface area (Å²) in [6, 6.07) is 13.8. The Morgan fingerprint density at radius 2 is 1.86 bits per heavy atom. The average molecular weight is 512 g/mol. The van der Waals surface area contributed by atoms with E-state index in [9.17, 15) is 13.2 Å². The van der Waals surface area contributed by atoms with Gasteiger partial charge in [-0.15, -0.1) is 0 Å². The molecule has 0 saturated heterocycles. The number of benzene rings is 2. The van der Waals surface area contributed by atoms with Crippen LogP contribution in [0.3, 0.4) is 0 Å². The zero-order valence-electron chi connectivity index (χ0n) is 20.3. The van der Waals surface area contributed by atoms with Crippen LogP contribution in [0.1, 0.15) is 47.0 Å². The van der Waals surface area contributed by atoms with Gasteiger partial charge in [-0.2, -0.15) is 0 Å². The van der Waals surface area contributed by atoms with Crippen molar-refractivity contribution in [2.24, 2.45) is 0 Å². The Morgan fingerprint density at radius 1 is 1.11 bits per heavy atom. The first-order valence-corrected chi connectivity index (χ1v) is 13.7. The molecule has 0 unspecified atom stereocenters. The summed E-state index contributed by atoms with van der Waals surface area (Å²) in [5, 5.41) is 0.561. The van der Waals surface area contributed by atoms with Crippen LogP contribution in [0.15, 0.2) is 64.1 Å². The van der Waals surface area contributed by atoms with Gasteiger partial charge >= 0.3 is 0 Å². The third-order valence-electron chi connectivity index (χ3n) is 5.81. The lowest BCUT2D eigenvalue weighted by Crippen LogP contribution is -2.30. The number of hydrogen-bond acceptors (Lipinski definition) is 6. The molecule has 35 heavy (non-hydrogen) atoms. The summed E-state index contributed by atoms with van der Waals surface area (Å²) < 4.78 is 33.6. The molecule has 0 fully saturated rings. The number of thiazole rings is 1. The fourth-order valence-electron chi connectivity index (χ4n) is 3.87. The van der Waals surface area contributed by atoms with Gasteiger partial charge in [0.05, 0.1) is 27.9 Å². The summed E-state index contributed by atoms with van der Waals surface area (Å²) in [7, 11) is -2.03. The van der Waals surface area contributed by atoms with Crippen molar-refractivity contribution >= 4 is 42.6 Å². The molecule has 7 nitrogen and oxygen atoms in total. The van der Waals surface area contributed by atoms with E-state index in [0.29, 0.717) is 23.0 Å². The molecule has 2 aromatic heterocycles. The molecule has 4 rings (SSSR count). The molecular formula is C26H29N3O4S2. The fourth-order valence-corrected chi connectivity index (χ4v) is 6.09. The summed E-state index contributed by atoms with van der Waals surface area (Å²) in [6.45, 7) is 6.73. The minimum absolute atomic E-state index is 0.163. The number of rotatable bonds is 9. The quantitative estimate of drug-likeness (QED) is 0.285. The molecule has 1 amide bonds. The third-order valence-corrected chi connectivity index (χ3v) is 8.92. The number of furan rings is 1. The highest BCUT2D eigenvalue weighted by Gasteiger charge is 2.25. The number of nitrogens with zero attached hydrogens (tertiary/aromatic N) is 3. The van der Waals surface area contributed by atoms with Crippen molar-refractivity contribution in [2.45, 2.75) is 45.1 Å². The number of unbranched alkanes of at least 4 members (excludes halogenated alkanes) is 1. The molecule has 4 aromatic rings. The van der Waals surface area contributed by atoms with Crippen LogP contribution in [-0.4, -0.2) is 37.2 Å². The highest BCUT2D eigenvalue weighted by molar-refractivity contribution is 7.89. The molecule has 184 valence electrons. The maximum atomic E-state index is 13.6. The van der Waals surface area contributed by atoms with E-state index >= 15 is 0 Å². The number of aryl methyl sites for hydroxylation is 2. The van der Waals surface area contributed by atoms with Gasteiger partial charge in [0.1, 0.15) is 5.76 Å². The largest absolute Gasteiger partial charge is 0.467 e. The van der Waals surface area contributed by atoms with Gasteiger partial charge in [0.2, 0.25) is 10.0 Å². The monoisotopic (exact) mass is 511 g/mol. The van der Waals surface area contributed by atoms with E-state index in [2.05, 4.69) is 6.07 Å². The summed E-state index contributed by atoms with van der Waals surface area (Å²) in [5.41, 5.74) is 3.43. The number of fused-ring (bicyclic) bond motifs is 1. The summed E-state index contributed by atoms with van der Waals surface area (Å²) in [4.78, 5) is 20.1. The summed E-state index contributed by atoms with van der Waals surface area (Å²) in [6.07, 6.45) is 3.26. The van der Waals surface area contributed by atoms with Crippen LogP contribution in [-0.2, 0) is 16.6 Å². The van der Waals surface area contributed by atoms with Gasteiger partial charge in [0, 0.05) is 19.2 Å².